The lowest BCUT2D eigenvalue weighted by Gasteiger charge is -2.20. The van der Waals surface area contributed by atoms with Crippen molar-refractivity contribution in [3.8, 4) is 0 Å². The van der Waals surface area contributed by atoms with Crippen molar-refractivity contribution in [2.45, 2.75) is 6.54 Å². The van der Waals surface area contributed by atoms with E-state index in [9.17, 15) is 0 Å². The molecule has 1 aromatic carbocycles. The second-order valence-corrected chi connectivity index (χ2v) is 5.72. The molecule has 0 bridgehead atoms. The molecule has 0 saturated heterocycles. The molecule has 0 amide bonds. The summed E-state index contributed by atoms with van der Waals surface area (Å²) in [5.74, 6) is 0.838. The van der Waals surface area contributed by atoms with Gasteiger partial charge in [-0.15, -0.1) is 11.3 Å². The van der Waals surface area contributed by atoms with Gasteiger partial charge in [-0.3, -0.25) is 4.99 Å². The first-order valence-electron chi connectivity index (χ1n) is 7.02. The summed E-state index contributed by atoms with van der Waals surface area (Å²) in [5.41, 5.74) is 1.22. The first-order chi connectivity index (χ1) is 10.3. The molecule has 0 radical (unpaired) electrons. The number of hydrogen-bond donors (Lipinski definition) is 2. The van der Waals surface area contributed by atoms with Crippen molar-refractivity contribution in [1.82, 2.24) is 10.6 Å². The third-order valence-electron chi connectivity index (χ3n) is 3.17. The van der Waals surface area contributed by atoms with Crippen LogP contribution in [0.3, 0.4) is 0 Å². The average molecular weight is 302 g/mol. The lowest BCUT2D eigenvalue weighted by Crippen LogP contribution is -2.40. The third-order valence-corrected chi connectivity index (χ3v) is 4.05. The zero-order valence-electron chi connectivity index (χ0n) is 12.5. The SMILES string of the molecule is CN=C(NCCN(C)c1ccccc1)NCc1cccs1. The summed E-state index contributed by atoms with van der Waals surface area (Å²) >= 11 is 1.75. The number of aliphatic imine (C=N–C) groups is 1. The maximum absolute atomic E-state index is 4.24. The van der Waals surface area contributed by atoms with Gasteiger partial charge in [0.25, 0.3) is 0 Å². The van der Waals surface area contributed by atoms with Crippen LogP contribution in [0.2, 0.25) is 0 Å². The number of benzene rings is 1. The van der Waals surface area contributed by atoms with E-state index >= 15 is 0 Å². The summed E-state index contributed by atoms with van der Waals surface area (Å²) in [7, 11) is 3.89. The molecule has 2 N–H and O–H groups in total. The van der Waals surface area contributed by atoms with Crippen LogP contribution in [0.5, 0.6) is 0 Å². The summed E-state index contributed by atoms with van der Waals surface area (Å²) < 4.78 is 0. The van der Waals surface area contributed by atoms with Crippen LogP contribution in [0, 0.1) is 0 Å². The van der Waals surface area contributed by atoms with Gasteiger partial charge in [0.15, 0.2) is 5.96 Å². The number of rotatable bonds is 6. The molecule has 2 rings (SSSR count). The van der Waals surface area contributed by atoms with E-state index < -0.39 is 0 Å². The minimum absolute atomic E-state index is 0.811. The molecule has 112 valence electrons. The van der Waals surface area contributed by atoms with Crippen LogP contribution >= 0.6 is 11.3 Å². The van der Waals surface area contributed by atoms with Crippen LogP contribution in [0.15, 0.2) is 52.8 Å². The van der Waals surface area contributed by atoms with Gasteiger partial charge in [-0.1, -0.05) is 24.3 Å². The maximum atomic E-state index is 4.24. The molecule has 0 unspecified atom stereocenters. The zero-order chi connectivity index (χ0) is 14.9. The summed E-state index contributed by atoms with van der Waals surface area (Å²) in [6, 6.07) is 14.6. The fourth-order valence-corrected chi connectivity index (χ4v) is 2.60. The van der Waals surface area contributed by atoms with E-state index in [1.165, 1.54) is 10.6 Å². The Balaban J connectivity index is 1.71. The van der Waals surface area contributed by atoms with Crippen LogP contribution in [-0.4, -0.2) is 33.1 Å². The van der Waals surface area contributed by atoms with Crippen LogP contribution in [-0.2, 0) is 6.54 Å². The number of para-hydroxylation sites is 1. The van der Waals surface area contributed by atoms with E-state index in [1.807, 2.05) is 6.07 Å². The summed E-state index contributed by atoms with van der Waals surface area (Å²) in [6.07, 6.45) is 0. The van der Waals surface area contributed by atoms with Crippen molar-refractivity contribution in [2.24, 2.45) is 4.99 Å². The van der Waals surface area contributed by atoms with Crippen LogP contribution in [0.25, 0.3) is 0 Å². The minimum atomic E-state index is 0.811. The smallest absolute Gasteiger partial charge is 0.191 e. The molecular formula is C16H22N4S. The van der Waals surface area contributed by atoms with Gasteiger partial charge in [0.2, 0.25) is 0 Å². The summed E-state index contributed by atoms with van der Waals surface area (Å²) in [5, 5.41) is 8.74. The maximum Gasteiger partial charge on any atom is 0.191 e. The van der Waals surface area contributed by atoms with Gasteiger partial charge < -0.3 is 15.5 Å². The molecule has 1 heterocycles. The predicted octanol–water partition coefficient (Wildman–Crippen LogP) is 2.55. The van der Waals surface area contributed by atoms with Crippen molar-refractivity contribution >= 4 is 23.0 Å². The van der Waals surface area contributed by atoms with Crippen molar-refractivity contribution < 1.29 is 0 Å². The van der Waals surface area contributed by atoms with Crippen LogP contribution in [0.4, 0.5) is 5.69 Å². The Morgan fingerprint density at radius 3 is 2.62 bits per heavy atom. The Bertz CT molecular complexity index is 537. The highest BCUT2D eigenvalue weighted by atomic mass is 32.1. The summed E-state index contributed by atoms with van der Waals surface area (Å²) in [4.78, 5) is 7.76. The van der Waals surface area contributed by atoms with E-state index in [0.29, 0.717) is 0 Å². The molecule has 2 aromatic rings. The molecule has 0 aliphatic carbocycles. The van der Waals surface area contributed by atoms with Gasteiger partial charge in [0.1, 0.15) is 0 Å². The molecule has 0 aliphatic rings. The monoisotopic (exact) mass is 302 g/mol. The molecule has 0 spiro atoms. The van der Waals surface area contributed by atoms with Gasteiger partial charge >= 0.3 is 0 Å². The standard InChI is InChI=1S/C16H22N4S/c1-17-16(19-13-15-9-6-12-21-15)18-10-11-20(2)14-7-4-3-5-8-14/h3-9,12H,10-11,13H2,1-2H3,(H2,17,18,19). The predicted molar refractivity (Wildman–Crippen MR) is 92.2 cm³/mol. The Kier molecular flexibility index (Phi) is 6.09. The van der Waals surface area contributed by atoms with Crippen molar-refractivity contribution in [3.05, 3.63) is 52.7 Å². The van der Waals surface area contributed by atoms with Gasteiger partial charge in [0.05, 0.1) is 6.54 Å². The lowest BCUT2D eigenvalue weighted by atomic mass is 10.3. The Hall–Kier alpha value is -2.01. The number of thiophene rings is 1. The van der Waals surface area contributed by atoms with Gasteiger partial charge in [0, 0.05) is 37.7 Å². The highest BCUT2D eigenvalue weighted by Gasteiger charge is 2.01. The first-order valence-corrected chi connectivity index (χ1v) is 7.90. The molecule has 0 atom stereocenters. The van der Waals surface area contributed by atoms with E-state index in [-0.39, 0.29) is 0 Å². The second kappa shape index (κ2) is 8.32. The van der Waals surface area contributed by atoms with E-state index in [0.717, 1.165) is 25.6 Å². The van der Waals surface area contributed by atoms with Crippen molar-refractivity contribution in [3.63, 3.8) is 0 Å². The van der Waals surface area contributed by atoms with Gasteiger partial charge in [-0.2, -0.15) is 0 Å². The fraction of sp³-hybridized carbons (Fsp3) is 0.312. The topological polar surface area (TPSA) is 39.7 Å². The normalized spacial score (nSPS) is 11.2. The zero-order valence-corrected chi connectivity index (χ0v) is 13.4. The molecule has 21 heavy (non-hydrogen) atoms. The van der Waals surface area contributed by atoms with Crippen molar-refractivity contribution in [2.75, 3.05) is 32.1 Å². The molecule has 0 fully saturated rings. The Morgan fingerprint density at radius 1 is 1.14 bits per heavy atom. The lowest BCUT2D eigenvalue weighted by molar-refractivity contribution is 0.780. The molecule has 0 aliphatic heterocycles. The molecule has 0 saturated carbocycles. The summed E-state index contributed by atoms with van der Waals surface area (Å²) in [6.45, 7) is 2.57. The van der Waals surface area contributed by atoms with Crippen LogP contribution in [0.1, 0.15) is 4.88 Å². The highest BCUT2D eigenvalue weighted by Crippen LogP contribution is 2.09. The number of nitrogens with one attached hydrogen (secondary N) is 2. The quantitative estimate of drug-likeness (QED) is 0.636. The number of nitrogens with zero attached hydrogens (tertiary/aromatic N) is 2. The van der Waals surface area contributed by atoms with Gasteiger partial charge in [-0.25, -0.2) is 0 Å². The molecule has 4 nitrogen and oxygen atoms in total. The molecular weight excluding hydrogens is 280 g/mol. The van der Waals surface area contributed by atoms with Gasteiger partial charge in [-0.05, 0) is 23.6 Å². The van der Waals surface area contributed by atoms with E-state index in [1.54, 1.807) is 18.4 Å². The minimum Gasteiger partial charge on any atom is -0.373 e. The number of likely N-dealkylation sites (N-methyl/N-ethyl adjacent to an activating group) is 1. The van der Waals surface area contributed by atoms with Crippen molar-refractivity contribution in [1.29, 1.82) is 0 Å². The largest absolute Gasteiger partial charge is 0.373 e. The molecule has 5 heteroatoms. The second-order valence-electron chi connectivity index (χ2n) is 4.69. The van der Waals surface area contributed by atoms with E-state index in [4.69, 9.17) is 0 Å². The number of anilines is 1. The fourth-order valence-electron chi connectivity index (χ4n) is 1.96. The number of hydrogen-bond acceptors (Lipinski definition) is 3. The third kappa shape index (κ3) is 5.11. The molecule has 1 aromatic heterocycles. The Morgan fingerprint density at radius 2 is 1.95 bits per heavy atom. The van der Waals surface area contributed by atoms with E-state index in [2.05, 4.69) is 69.4 Å². The Labute approximate surface area is 130 Å². The van der Waals surface area contributed by atoms with Crippen LogP contribution < -0.4 is 15.5 Å². The highest BCUT2D eigenvalue weighted by molar-refractivity contribution is 7.09. The first kappa shape index (κ1) is 15.4. The number of guanidine groups is 1. The average Bonchev–Trinajstić information content (AvgIpc) is 3.04.